The first-order valence-electron chi connectivity index (χ1n) is 7.03. The summed E-state index contributed by atoms with van der Waals surface area (Å²) >= 11 is 7.63. The minimum Gasteiger partial charge on any atom is -0.377 e. The lowest BCUT2D eigenvalue weighted by Gasteiger charge is -2.08. The quantitative estimate of drug-likeness (QED) is 0.579. The van der Waals surface area contributed by atoms with E-state index in [2.05, 4.69) is 25.5 Å². The van der Waals surface area contributed by atoms with Crippen molar-refractivity contribution in [3.8, 4) is 10.7 Å². The Morgan fingerprint density at radius 2 is 2.17 bits per heavy atom. The number of rotatable bonds is 4. The van der Waals surface area contributed by atoms with Gasteiger partial charge in [-0.05, 0) is 35.7 Å². The summed E-state index contributed by atoms with van der Waals surface area (Å²) in [6.07, 6.45) is 1.76. The van der Waals surface area contributed by atoms with Crippen molar-refractivity contribution in [2.24, 2.45) is 0 Å². The summed E-state index contributed by atoms with van der Waals surface area (Å²) < 4.78 is 0. The molecule has 0 unspecified atom stereocenters. The molecule has 114 valence electrons. The first-order chi connectivity index (χ1) is 11.3. The number of hydrogen-bond donors (Lipinski definition) is 2. The van der Waals surface area contributed by atoms with E-state index in [1.54, 1.807) is 17.5 Å². The van der Waals surface area contributed by atoms with Gasteiger partial charge in [0.25, 0.3) is 0 Å². The monoisotopic (exact) mass is 341 g/mol. The van der Waals surface area contributed by atoms with Gasteiger partial charge < -0.3 is 5.32 Å². The van der Waals surface area contributed by atoms with E-state index in [0.29, 0.717) is 11.6 Å². The van der Waals surface area contributed by atoms with E-state index < -0.39 is 0 Å². The Morgan fingerprint density at radius 3 is 3.04 bits per heavy atom. The van der Waals surface area contributed by atoms with Gasteiger partial charge in [0.1, 0.15) is 5.82 Å². The molecule has 7 heteroatoms. The fourth-order valence-electron chi connectivity index (χ4n) is 2.34. The van der Waals surface area contributed by atoms with Gasteiger partial charge in [0.05, 0.1) is 16.9 Å². The molecule has 0 aliphatic heterocycles. The van der Waals surface area contributed by atoms with Gasteiger partial charge in [-0.15, -0.1) is 11.3 Å². The molecule has 0 aliphatic carbocycles. The Kier molecular flexibility index (Phi) is 3.69. The van der Waals surface area contributed by atoms with Crippen LogP contribution in [0.15, 0.2) is 48.0 Å². The van der Waals surface area contributed by atoms with Crippen LogP contribution in [0.2, 0.25) is 5.02 Å². The molecular formula is C16H12ClN5S. The molecule has 0 spiro atoms. The highest BCUT2D eigenvalue weighted by Crippen LogP contribution is 2.25. The van der Waals surface area contributed by atoms with E-state index in [1.807, 2.05) is 41.8 Å². The molecule has 3 aromatic heterocycles. The Balaban J connectivity index is 1.55. The van der Waals surface area contributed by atoms with Crippen molar-refractivity contribution in [3.63, 3.8) is 0 Å². The molecule has 4 rings (SSSR count). The summed E-state index contributed by atoms with van der Waals surface area (Å²) in [5, 5.41) is 14.3. The van der Waals surface area contributed by atoms with Crippen molar-refractivity contribution in [2.45, 2.75) is 6.54 Å². The Morgan fingerprint density at radius 1 is 1.22 bits per heavy atom. The molecule has 2 N–H and O–H groups in total. The average molecular weight is 342 g/mol. The van der Waals surface area contributed by atoms with Gasteiger partial charge in [-0.25, -0.2) is 4.98 Å². The van der Waals surface area contributed by atoms with Crippen molar-refractivity contribution in [1.82, 2.24) is 20.2 Å². The summed E-state index contributed by atoms with van der Waals surface area (Å²) in [5.41, 5.74) is 1.85. The lowest BCUT2D eigenvalue weighted by molar-refractivity contribution is 0.956. The van der Waals surface area contributed by atoms with Gasteiger partial charge in [0.2, 0.25) is 0 Å². The molecule has 5 nitrogen and oxygen atoms in total. The van der Waals surface area contributed by atoms with Gasteiger partial charge in [-0.3, -0.25) is 10.1 Å². The normalized spacial score (nSPS) is 11.0. The van der Waals surface area contributed by atoms with Gasteiger partial charge >= 0.3 is 0 Å². The molecule has 23 heavy (non-hydrogen) atoms. The van der Waals surface area contributed by atoms with E-state index in [1.165, 1.54) is 0 Å². The Labute approximate surface area is 141 Å². The summed E-state index contributed by atoms with van der Waals surface area (Å²) in [6.45, 7) is 0.556. The van der Waals surface area contributed by atoms with E-state index >= 15 is 0 Å². The van der Waals surface area contributed by atoms with Crippen molar-refractivity contribution in [1.29, 1.82) is 0 Å². The van der Waals surface area contributed by atoms with Crippen LogP contribution in [0.5, 0.6) is 0 Å². The van der Waals surface area contributed by atoms with Crippen LogP contribution in [0.25, 0.3) is 21.6 Å². The zero-order valence-electron chi connectivity index (χ0n) is 12.0. The standard InChI is InChI=1S/C16H12ClN5S/c17-10-3-4-11-12(5-6-18-13(11)8-10)19-9-15-20-16(22-21-15)14-2-1-7-23-14/h1-8H,9H2,(H,18,19)(H,20,21,22). The topological polar surface area (TPSA) is 66.5 Å². The maximum Gasteiger partial charge on any atom is 0.191 e. The van der Waals surface area contributed by atoms with Crippen LogP contribution in [-0.4, -0.2) is 20.2 Å². The maximum atomic E-state index is 6.01. The van der Waals surface area contributed by atoms with Crippen LogP contribution in [0.1, 0.15) is 5.82 Å². The number of halogens is 1. The second-order valence-corrected chi connectivity index (χ2v) is 6.34. The highest BCUT2D eigenvalue weighted by atomic mass is 35.5. The van der Waals surface area contributed by atoms with Gasteiger partial charge in [0, 0.05) is 22.3 Å². The summed E-state index contributed by atoms with van der Waals surface area (Å²) in [5.74, 6) is 1.51. The zero-order chi connectivity index (χ0) is 15.6. The number of nitrogens with zero attached hydrogens (tertiary/aromatic N) is 3. The third-order valence-electron chi connectivity index (χ3n) is 3.42. The lowest BCUT2D eigenvalue weighted by atomic mass is 10.2. The van der Waals surface area contributed by atoms with Crippen LogP contribution in [0.4, 0.5) is 5.69 Å². The number of aromatic nitrogens is 4. The number of nitrogens with one attached hydrogen (secondary N) is 2. The molecule has 0 amide bonds. The number of aromatic amines is 1. The third kappa shape index (κ3) is 2.91. The number of hydrogen-bond acceptors (Lipinski definition) is 5. The summed E-state index contributed by atoms with van der Waals surface area (Å²) in [6, 6.07) is 11.6. The first-order valence-corrected chi connectivity index (χ1v) is 8.29. The van der Waals surface area contributed by atoms with E-state index in [-0.39, 0.29) is 0 Å². The van der Waals surface area contributed by atoms with Crippen LogP contribution in [0, 0.1) is 0 Å². The van der Waals surface area contributed by atoms with Gasteiger partial charge in [0.15, 0.2) is 5.82 Å². The molecule has 4 aromatic rings. The summed E-state index contributed by atoms with van der Waals surface area (Å²) in [4.78, 5) is 9.90. The molecular weight excluding hydrogens is 330 g/mol. The van der Waals surface area contributed by atoms with Crippen molar-refractivity contribution < 1.29 is 0 Å². The predicted molar refractivity (Wildman–Crippen MR) is 93.8 cm³/mol. The Bertz CT molecular complexity index is 948. The number of pyridine rings is 1. The molecule has 0 saturated heterocycles. The third-order valence-corrected chi connectivity index (χ3v) is 4.53. The highest BCUT2D eigenvalue weighted by Gasteiger charge is 2.07. The van der Waals surface area contributed by atoms with E-state index in [4.69, 9.17) is 11.6 Å². The van der Waals surface area contributed by atoms with E-state index in [9.17, 15) is 0 Å². The Hall–Kier alpha value is -2.44. The first kappa shape index (κ1) is 14.2. The van der Waals surface area contributed by atoms with E-state index in [0.717, 1.165) is 33.1 Å². The van der Waals surface area contributed by atoms with Crippen LogP contribution in [-0.2, 0) is 6.54 Å². The van der Waals surface area contributed by atoms with Crippen molar-refractivity contribution in [3.05, 3.63) is 58.8 Å². The second-order valence-electron chi connectivity index (χ2n) is 4.96. The van der Waals surface area contributed by atoms with Crippen molar-refractivity contribution in [2.75, 3.05) is 5.32 Å². The number of anilines is 1. The number of benzene rings is 1. The van der Waals surface area contributed by atoms with Gasteiger partial charge in [-0.2, -0.15) is 5.10 Å². The molecule has 1 aromatic carbocycles. The molecule has 0 fully saturated rings. The fourth-order valence-corrected chi connectivity index (χ4v) is 3.17. The van der Waals surface area contributed by atoms with Crippen LogP contribution < -0.4 is 5.32 Å². The van der Waals surface area contributed by atoms with Crippen LogP contribution >= 0.6 is 22.9 Å². The molecule has 0 bridgehead atoms. The number of fused-ring (bicyclic) bond motifs is 1. The molecule has 0 saturated carbocycles. The number of H-pyrrole nitrogens is 1. The maximum absolute atomic E-state index is 6.01. The fraction of sp³-hybridized carbons (Fsp3) is 0.0625. The highest BCUT2D eigenvalue weighted by molar-refractivity contribution is 7.13. The lowest BCUT2D eigenvalue weighted by Crippen LogP contribution is -2.02. The average Bonchev–Trinajstić information content (AvgIpc) is 3.23. The van der Waals surface area contributed by atoms with Gasteiger partial charge in [-0.1, -0.05) is 17.7 Å². The largest absolute Gasteiger partial charge is 0.377 e. The van der Waals surface area contributed by atoms with Crippen LogP contribution in [0.3, 0.4) is 0 Å². The predicted octanol–water partition coefficient (Wildman–Crippen LogP) is 4.35. The molecule has 0 atom stereocenters. The molecule has 0 radical (unpaired) electrons. The SMILES string of the molecule is Clc1ccc2c(NCc3nc(-c4cccs4)n[nH]3)ccnc2c1. The minimum atomic E-state index is 0.556. The zero-order valence-corrected chi connectivity index (χ0v) is 13.5. The minimum absolute atomic E-state index is 0.556. The molecule has 3 heterocycles. The smallest absolute Gasteiger partial charge is 0.191 e. The molecule has 0 aliphatic rings. The second kappa shape index (κ2) is 5.98. The number of thiophene rings is 1. The van der Waals surface area contributed by atoms with Crippen molar-refractivity contribution >= 4 is 39.5 Å². The summed E-state index contributed by atoms with van der Waals surface area (Å²) in [7, 11) is 0.